The summed E-state index contributed by atoms with van der Waals surface area (Å²) in [5, 5.41) is 10.2. The minimum absolute atomic E-state index is 0.00347. The molecule has 12 fully saturated rings. The molecule has 6 saturated heterocycles. The second kappa shape index (κ2) is 11.2. The van der Waals surface area contributed by atoms with Crippen molar-refractivity contribution >= 4 is 34.3 Å². The first-order chi connectivity index (χ1) is 21.2. The average molecular weight is 650 g/mol. The highest BCUT2D eigenvalue weighted by Gasteiger charge is 2.55. The Hall–Kier alpha value is -2.21. The van der Waals surface area contributed by atoms with Gasteiger partial charge in [0.2, 0.25) is 16.4 Å². The van der Waals surface area contributed by atoms with Crippen LogP contribution in [0.4, 0.5) is 0 Å². The fourth-order valence-electron chi connectivity index (χ4n) is 11.5. The molecule has 0 aromatic rings. The highest BCUT2D eigenvalue weighted by atomic mass is 32.2. The maximum absolute atomic E-state index is 11.9. The van der Waals surface area contributed by atoms with Gasteiger partial charge in [-0.1, -0.05) is 6.92 Å². The van der Waals surface area contributed by atoms with Crippen molar-refractivity contribution in [1.29, 1.82) is 0 Å². The Labute approximate surface area is 264 Å². The molecule has 0 radical (unpaired) electrons. The molecule has 12 unspecified atom stereocenters. The Bertz CT molecular complexity index is 1300. The molecule has 45 heavy (non-hydrogen) atoms. The molecule has 2 N–H and O–H groups in total. The SMILES string of the molecule is CC12CC3CC(C1)OC(=O)C(C3)C2.O=C1OC2CC3CC1CC(O)(C3)C2.O=CNS(=O)(=O)CC12CC3CC(C1)OC(=O)C(C3)C2. The summed E-state index contributed by atoms with van der Waals surface area (Å²) in [7, 11) is -3.61. The topological polar surface area (TPSA) is 162 Å². The summed E-state index contributed by atoms with van der Waals surface area (Å²) in [6.45, 7) is 2.33. The molecule has 1 amide bonds. The summed E-state index contributed by atoms with van der Waals surface area (Å²) in [6, 6.07) is 0. The minimum Gasteiger partial charge on any atom is -0.462 e. The van der Waals surface area contributed by atoms with Gasteiger partial charge in [-0.05, 0) is 118 Å². The number of aliphatic hydroxyl groups is 1. The summed E-state index contributed by atoms with van der Waals surface area (Å²) in [5.41, 5.74) is -0.567. The van der Waals surface area contributed by atoms with Crippen molar-refractivity contribution in [3.8, 4) is 0 Å². The van der Waals surface area contributed by atoms with E-state index in [-0.39, 0.29) is 66.1 Å². The van der Waals surface area contributed by atoms with Crippen LogP contribution in [0.2, 0.25) is 0 Å². The van der Waals surface area contributed by atoms with Gasteiger partial charge in [0, 0.05) is 6.42 Å². The lowest BCUT2D eigenvalue weighted by atomic mass is 9.60. The average Bonchev–Trinajstić information content (AvgIpc) is 3.24. The molecule has 0 aromatic carbocycles. The van der Waals surface area contributed by atoms with Gasteiger partial charge < -0.3 is 19.3 Å². The second-order valence-corrected chi connectivity index (χ2v) is 18.4. The minimum atomic E-state index is -3.61. The number of hydrogen-bond acceptors (Lipinski definition) is 10. The Morgan fingerprint density at radius 1 is 0.689 bits per heavy atom. The fourth-order valence-corrected chi connectivity index (χ4v) is 12.9. The van der Waals surface area contributed by atoms with Crippen LogP contribution in [0, 0.1) is 46.3 Å². The number of nitrogens with one attached hydrogen (secondary N) is 1. The van der Waals surface area contributed by atoms with Gasteiger partial charge in [-0.25, -0.2) is 8.42 Å². The molecular formula is C33H47NO10S. The van der Waals surface area contributed by atoms with E-state index in [1.165, 1.54) is 6.42 Å². The predicted molar refractivity (Wildman–Crippen MR) is 158 cm³/mol. The van der Waals surface area contributed by atoms with Crippen LogP contribution in [0.15, 0.2) is 0 Å². The zero-order valence-corrected chi connectivity index (χ0v) is 26.9. The first kappa shape index (κ1) is 31.4. The maximum Gasteiger partial charge on any atom is 0.309 e. The third-order valence-electron chi connectivity index (χ3n) is 12.4. The van der Waals surface area contributed by atoms with Crippen LogP contribution < -0.4 is 4.72 Å². The Morgan fingerprint density at radius 2 is 1.20 bits per heavy atom. The van der Waals surface area contributed by atoms with E-state index in [4.69, 9.17) is 14.2 Å². The van der Waals surface area contributed by atoms with E-state index in [2.05, 4.69) is 6.92 Å². The van der Waals surface area contributed by atoms with Gasteiger partial charge in [-0.15, -0.1) is 0 Å². The van der Waals surface area contributed by atoms with E-state index in [1.807, 2.05) is 4.72 Å². The van der Waals surface area contributed by atoms with Crippen molar-refractivity contribution in [3.05, 3.63) is 0 Å². The monoisotopic (exact) mass is 649 g/mol. The lowest BCUT2D eigenvalue weighted by Gasteiger charge is -2.45. The van der Waals surface area contributed by atoms with Crippen LogP contribution in [-0.2, 0) is 43.4 Å². The summed E-state index contributed by atoms with van der Waals surface area (Å²) in [6.07, 6.45) is 13.8. The molecule has 6 saturated carbocycles. The van der Waals surface area contributed by atoms with E-state index in [9.17, 15) is 32.7 Å². The van der Waals surface area contributed by atoms with Crippen LogP contribution in [-0.4, -0.2) is 67.5 Å². The molecule has 12 rings (SSSR count). The number of carbonyl (C=O) groups is 4. The number of carbonyl (C=O) groups excluding carboxylic acids is 4. The van der Waals surface area contributed by atoms with Crippen molar-refractivity contribution in [2.24, 2.45) is 46.3 Å². The maximum atomic E-state index is 11.9. The molecule has 12 bridgehead atoms. The molecule has 6 aliphatic heterocycles. The van der Waals surface area contributed by atoms with Crippen molar-refractivity contribution in [2.45, 2.75) is 127 Å². The summed E-state index contributed by atoms with van der Waals surface area (Å²) in [4.78, 5) is 45.3. The Kier molecular flexibility index (Phi) is 7.81. The van der Waals surface area contributed by atoms with E-state index >= 15 is 0 Å². The van der Waals surface area contributed by atoms with Gasteiger partial charge in [0.05, 0.1) is 29.1 Å². The van der Waals surface area contributed by atoms with Gasteiger partial charge in [0.15, 0.2) is 0 Å². The molecule has 11 nitrogen and oxygen atoms in total. The Morgan fingerprint density at radius 3 is 1.78 bits per heavy atom. The van der Waals surface area contributed by atoms with Crippen LogP contribution in [0.1, 0.15) is 103 Å². The molecule has 12 aliphatic rings. The summed E-state index contributed by atoms with van der Waals surface area (Å²) < 4.78 is 41.8. The molecule has 0 spiro atoms. The highest BCUT2D eigenvalue weighted by molar-refractivity contribution is 7.90. The Balaban J connectivity index is 0.000000111. The summed E-state index contributed by atoms with van der Waals surface area (Å²) >= 11 is 0. The molecule has 6 aliphatic carbocycles. The molecular weight excluding hydrogens is 602 g/mol. The van der Waals surface area contributed by atoms with Crippen molar-refractivity contribution in [3.63, 3.8) is 0 Å². The zero-order valence-electron chi connectivity index (χ0n) is 26.1. The number of fused-ring (bicyclic) bond motifs is 3. The number of amides is 1. The van der Waals surface area contributed by atoms with Crippen LogP contribution in [0.5, 0.6) is 0 Å². The number of sulfonamides is 1. The van der Waals surface area contributed by atoms with Crippen molar-refractivity contribution in [2.75, 3.05) is 5.75 Å². The van der Waals surface area contributed by atoms with Crippen LogP contribution >= 0.6 is 0 Å². The number of rotatable bonds is 4. The third kappa shape index (κ3) is 6.51. The molecule has 12 atom stereocenters. The summed E-state index contributed by atoms with van der Waals surface area (Å²) in [5.74, 6) is 1.48. The van der Waals surface area contributed by atoms with Crippen LogP contribution in [0.3, 0.4) is 0 Å². The van der Waals surface area contributed by atoms with Crippen molar-refractivity contribution in [1.82, 2.24) is 4.72 Å². The van der Waals surface area contributed by atoms with E-state index in [1.54, 1.807) is 0 Å². The highest BCUT2D eigenvalue weighted by Crippen LogP contribution is 2.56. The van der Waals surface area contributed by atoms with Gasteiger partial charge in [-0.3, -0.25) is 23.9 Å². The molecule has 12 heteroatoms. The smallest absolute Gasteiger partial charge is 0.309 e. The quantitative estimate of drug-likeness (QED) is 0.263. The third-order valence-corrected chi connectivity index (χ3v) is 13.9. The number of esters is 3. The number of hydrogen-bond donors (Lipinski definition) is 2. The largest absolute Gasteiger partial charge is 0.462 e. The normalized spacial score (nSPS) is 48.0. The standard InChI is InChI=1S/C12H17NO5S.C11H16O2.C10H14O3/c14-7-13-19(16,17)6-12-3-8-1-9(4-12)11(15)18-10(2-8)5-12;1-11-4-7-2-8(5-11)10(12)13-9(3-7)6-11;11-9-7-1-6-2-8(13-9)5-10(12,3-6)4-7/h7-10H,1-6H2,(H,13,14);7-9H,2-6H2,1H3;6-8,12H,1-5H2. The van der Waals surface area contributed by atoms with Crippen molar-refractivity contribution < 1.29 is 46.9 Å². The van der Waals surface area contributed by atoms with Crippen LogP contribution in [0.25, 0.3) is 0 Å². The van der Waals surface area contributed by atoms with Gasteiger partial charge in [0.1, 0.15) is 18.3 Å². The van der Waals surface area contributed by atoms with Gasteiger partial charge in [0.25, 0.3) is 0 Å². The fraction of sp³-hybridized carbons (Fsp3) is 0.879. The van der Waals surface area contributed by atoms with E-state index in [0.717, 1.165) is 70.1 Å². The lowest BCUT2D eigenvalue weighted by Crippen LogP contribution is -2.46. The number of ether oxygens (including phenoxy) is 3. The van der Waals surface area contributed by atoms with E-state index < -0.39 is 21.0 Å². The molecule has 6 heterocycles. The predicted octanol–water partition coefficient (Wildman–Crippen LogP) is 3.17. The first-order valence-corrected chi connectivity index (χ1v) is 18.6. The lowest BCUT2D eigenvalue weighted by molar-refractivity contribution is -0.152. The van der Waals surface area contributed by atoms with Gasteiger partial charge >= 0.3 is 17.9 Å². The molecule has 250 valence electrons. The van der Waals surface area contributed by atoms with E-state index in [0.29, 0.717) is 42.9 Å². The van der Waals surface area contributed by atoms with Gasteiger partial charge in [-0.2, -0.15) is 0 Å². The second-order valence-electron chi connectivity index (χ2n) is 16.6. The zero-order chi connectivity index (χ0) is 31.8. The molecule has 0 aromatic heterocycles. The first-order valence-electron chi connectivity index (χ1n) is 17.0.